The third-order valence-corrected chi connectivity index (χ3v) is 3.28. The van der Waals surface area contributed by atoms with Crippen LogP contribution < -0.4 is 10.0 Å². The highest BCUT2D eigenvalue weighted by Gasteiger charge is 2.29. The second-order valence-corrected chi connectivity index (χ2v) is 5.32. The van der Waals surface area contributed by atoms with Crippen LogP contribution in [0, 0.1) is 5.92 Å². The molecule has 0 aromatic carbocycles. The molecule has 0 aromatic heterocycles. The highest BCUT2D eigenvalue weighted by Crippen LogP contribution is 2.05. The summed E-state index contributed by atoms with van der Waals surface area (Å²) in [6.07, 6.45) is 0. The molecule has 0 unspecified atom stereocenters. The van der Waals surface area contributed by atoms with Crippen LogP contribution in [0.25, 0.3) is 0 Å². The predicted octanol–water partition coefficient (Wildman–Crippen LogP) is -0.940. The fourth-order valence-electron chi connectivity index (χ4n) is 1.16. The monoisotopic (exact) mass is 206 g/mol. The molecule has 1 saturated heterocycles. The molecule has 1 aliphatic heterocycles. The van der Waals surface area contributed by atoms with Gasteiger partial charge in [0.2, 0.25) is 15.9 Å². The van der Waals surface area contributed by atoms with E-state index in [2.05, 4.69) is 10.0 Å². The summed E-state index contributed by atoms with van der Waals surface area (Å²) in [7, 11) is -3.28. The zero-order valence-electron chi connectivity index (χ0n) is 7.70. The number of amides is 1. The lowest BCUT2D eigenvalue weighted by atomic mass is 10.1. The Kier molecular flexibility index (Phi) is 2.92. The van der Waals surface area contributed by atoms with Crippen molar-refractivity contribution in [1.82, 2.24) is 10.0 Å². The normalized spacial score (nSPS) is 28.2. The van der Waals surface area contributed by atoms with Gasteiger partial charge in [-0.1, -0.05) is 13.8 Å². The first-order chi connectivity index (χ1) is 5.92. The number of sulfonamides is 1. The number of hydrogen-bond acceptors (Lipinski definition) is 3. The van der Waals surface area contributed by atoms with Gasteiger partial charge in [-0.25, -0.2) is 13.1 Å². The van der Waals surface area contributed by atoms with Crippen LogP contribution in [0.3, 0.4) is 0 Å². The summed E-state index contributed by atoms with van der Waals surface area (Å²) in [4.78, 5) is 11.3. The van der Waals surface area contributed by atoms with Crippen LogP contribution >= 0.6 is 0 Å². The van der Waals surface area contributed by atoms with E-state index >= 15 is 0 Å². The van der Waals surface area contributed by atoms with Crippen molar-refractivity contribution in [3.63, 3.8) is 0 Å². The molecule has 1 amide bonds. The van der Waals surface area contributed by atoms with Crippen LogP contribution in [-0.2, 0) is 14.8 Å². The van der Waals surface area contributed by atoms with E-state index in [1.165, 1.54) is 0 Å². The van der Waals surface area contributed by atoms with Gasteiger partial charge in [-0.15, -0.1) is 0 Å². The lowest BCUT2D eigenvalue weighted by Crippen LogP contribution is -2.46. The molecule has 76 valence electrons. The summed E-state index contributed by atoms with van der Waals surface area (Å²) >= 11 is 0. The zero-order valence-corrected chi connectivity index (χ0v) is 8.52. The van der Waals surface area contributed by atoms with Gasteiger partial charge in [0.15, 0.2) is 0 Å². The Balaban J connectivity index is 2.86. The molecular weight excluding hydrogens is 192 g/mol. The van der Waals surface area contributed by atoms with Crippen LogP contribution in [0.15, 0.2) is 0 Å². The van der Waals surface area contributed by atoms with E-state index in [0.717, 1.165) is 0 Å². The van der Waals surface area contributed by atoms with Gasteiger partial charge in [0.25, 0.3) is 0 Å². The predicted molar refractivity (Wildman–Crippen MR) is 48.6 cm³/mol. The molecule has 1 aliphatic rings. The van der Waals surface area contributed by atoms with Gasteiger partial charge in [0.1, 0.15) is 6.04 Å². The largest absolute Gasteiger partial charge is 0.354 e. The Labute approximate surface area is 77.9 Å². The van der Waals surface area contributed by atoms with Crippen molar-refractivity contribution < 1.29 is 13.2 Å². The molecule has 1 fully saturated rings. The molecule has 1 atom stereocenters. The molecule has 5 nitrogen and oxygen atoms in total. The van der Waals surface area contributed by atoms with Crippen molar-refractivity contribution in [2.45, 2.75) is 19.9 Å². The maximum atomic E-state index is 11.3. The molecule has 1 heterocycles. The van der Waals surface area contributed by atoms with Gasteiger partial charge < -0.3 is 5.32 Å². The molecule has 0 saturated carbocycles. The Hall–Kier alpha value is -0.620. The molecule has 0 spiro atoms. The third kappa shape index (κ3) is 2.67. The van der Waals surface area contributed by atoms with Crippen LogP contribution in [0.2, 0.25) is 0 Å². The third-order valence-electron chi connectivity index (χ3n) is 1.93. The minimum Gasteiger partial charge on any atom is -0.354 e. The van der Waals surface area contributed by atoms with E-state index in [9.17, 15) is 13.2 Å². The number of nitrogens with one attached hydrogen (secondary N) is 2. The van der Waals surface area contributed by atoms with E-state index < -0.39 is 16.1 Å². The van der Waals surface area contributed by atoms with Crippen LogP contribution in [0.5, 0.6) is 0 Å². The lowest BCUT2D eigenvalue weighted by Gasteiger charge is -2.17. The number of carbonyl (C=O) groups is 1. The van der Waals surface area contributed by atoms with Crippen LogP contribution in [0.1, 0.15) is 13.8 Å². The number of hydrogen-bond donors (Lipinski definition) is 2. The maximum absolute atomic E-state index is 11.3. The fraction of sp³-hybridized carbons (Fsp3) is 0.857. The highest BCUT2D eigenvalue weighted by molar-refractivity contribution is 7.89. The molecule has 1 rings (SSSR count). The van der Waals surface area contributed by atoms with E-state index in [4.69, 9.17) is 0 Å². The fourth-order valence-corrected chi connectivity index (χ4v) is 2.42. The first-order valence-electron chi connectivity index (χ1n) is 4.20. The zero-order chi connectivity index (χ0) is 10.1. The lowest BCUT2D eigenvalue weighted by molar-refractivity contribution is -0.123. The van der Waals surface area contributed by atoms with Crippen molar-refractivity contribution in [3.8, 4) is 0 Å². The van der Waals surface area contributed by atoms with Crippen molar-refractivity contribution in [1.29, 1.82) is 0 Å². The van der Waals surface area contributed by atoms with Crippen molar-refractivity contribution >= 4 is 15.9 Å². The summed E-state index contributed by atoms with van der Waals surface area (Å²) < 4.78 is 24.8. The number of carbonyl (C=O) groups excluding carboxylic acids is 1. The summed E-state index contributed by atoms with van der Waals surface area (Å²) in [6.45, 7) is 3.80. The minimum atomic E-state index is -3.28. The molecule has 0 aliphatic carbocycles. The van der Waals surface area contributed by atoms with Crippen LogP contribution in [0.4, 0.5) is 0 Å². The second kappa shape index (κ2) is 3.63. The average molecular weight is 206 g/mol. The van der Waals surface area contributed by atoms with E-state index in [-0.39, 0.29) is 24.1 Å². The van der Waals surface area contributed by atoms with Crippen LogP contribution in [-0.4, -0.2) is 32.7 Å². The van der Waals surface area contributed by atoms with Gasteiger partial charge in [-0.05, 0) is 5.92 Å². The standard InChI is InChI=1S/C7H14N2O3S/c1-5(2)6-7(10)8-3-4-13(11,12)9-6/h5-6,9H,3-4H2,1-2H3,(H,8,10)/t6-/m0/s1. The van der Waals surface area contributed by atoms with Gasteiger partial charge in [-0.2, -0.15) is 0 Å². The van der Waals surface area contributed by atoms with Gasteiger partial charge in [-0.3, -0.25) is 4.79 Å². The molecule has 2 N–H and O–H groups in total. The first-order valence-corrected chi connectivity index (χ1v) is 5.85. The second-order valence-electron chi connectivity index (χ2n) is 3.45. The first kappa shape index (κ1) is 10.5. The molecule has 0 aromatic rings. The molecule has 0 bridgehead atoms. The smallest absolute Gasteiger partial charge is 0.238 e. The van der Waals surface area contributed by atoms with Crippen molar-refractivity contribution in [2.75, 3.05) is 12.3 Å². The van der Waals surface area contributed by atoms with E-state index in [1.54, 1.807) is 13.8 Å². The van der Waals surface area contributed by atoms with Crippen molar-refractivity contribution in [2.24, 2.45) is 5.92 Å². The summed E-state index contributed by atoms with van der Waals surface area (Å²) in [6, 6.07) is -0.632. The van der Waals surface area contributed by atoms with Gasteiger partial charge >= 0.3 is 0 Å². The Morgan fingerprint density at radius 2 is 2.08 bits per heavy atom. The topological polar surface area (TPSA) is 75.3 Å². The Morgan fingerprint density at radius 1 is 1.46 bits per heavy atom. The summed E-state index contributed by atoms with van der Waals surface area (Å²) in [5.41, 5.74) is 0. The van der Waals surface area contributed by atoms with Crippen molar-refractivity contribution in [3.05, 3.63) is 0 Å². The molecule has 6 heteroatoms. The minimum absolute atomic E-state index is 0.0344. The maximum Gasteiger partial charge on any atom is 0.238 e. The molecule has 13 heavy (non-hydrogen) atoms. The Morgan fingerprint density at radius 3 is 2.62 bits per heavy atom. The van der Waals surface area contributed by atoms with Gasteiger partial charge in [0, 0.05) is 6.54 Å². The molecule has 0 radical (unpaired) electrons. The molecular formula is C7H14N2O3S. The Bertz CT molecular complexity index is 297. The highest BCUT2D eigenvalue weighted by atomic mass is 32.2. The average Bonchev–Trinajstić information content (AvgIpc) is 2.10. The SMILES string of the molecule is CC(C)[C@@H]1NS(=O)(=O)CCNC1=O. The number of rotatable bonds is 1. The van der Waals surface area contributed by atoms with Gasteiger partial charge in [0.05, 0.1) is 5.75 Å². The summed E-state index contributed by atoms with van der Waals surface area (Å²) in [5.74, 6) is -0.314. The summed E-state index contributed by atoms with van der Waals surface area (Å²) in [5, 5.41) is 2.55. The quantitative estimate of drug-likeness (QED) is 0.581. The van der Waals surface area contributed by atoms with E-state index in [1.807, 2.05) is 0 Å². The van der Waals surface area contributed by atoms with E-state index in [0.29, 0.717) is 0 Å².